The van der Waals surface area contributed by atoms with Gasteiger partial charge in [-0.3, -0.25) is 4.79 Å². The Kier molecular flexibility index (Phi) is 11.2. The molecule has 1 N–H and O–H groups in total. The van der Waals surface area contributed by atoms with Crippen molar-refractivity contribution in [2.75, 3.05) is 6.61 Å². The van der Waals surface area contributed by atoms with Gasteiger partial charge < -0.3 is 14.6 Å². The number of ether oxygens (including phenoxy) is 2. The molecule has 5 heteroatoms. The number of hydrogen-bond donors (Lipinski definition) is 1. The highest BCUT2D eigenvalue weighted by atomic mass is 16.6. The van der Waals surface area contributed by atoms with E-state index in [4.69, 9.17) is 9.84 Å². The molecular formula is C19H32O5. The number of carbonyl (C=O) groups excluding carboxylic acids is 2. The number of cyclic esters (lactones) is 1. The van der Waals surface area contributed by atoms with Gasteiger partial charge >= 0.3 is 11.9 Å². The average molecular weight is 340 g/mol. The van der Waals surface area contributed by atoms with E-state index < -0.39 is 12.3 Å². The van der Waals surface area contributed by atoms with Crippen LogP contribution in [0.2, 0.25) is 0 Å². The second-order valence-electron chi connectivity index (χ2n) is 6.39. The Bertz CT molecular complexity index is 403. The van der Waals surface area contributed by atoms with Crippen molar-refractivity contribution in [3.63, 3.8) is 0 Å². The molecule has 0 saturated carbocycles. The smallest absolute Gasteiger partial charge is 0.336 e. The van der Waals surface area contributed by atoms with E-state index in [1.165, 1.54) is 51.0 Å². The van der Waals surface area contributed by atoms with Gasteiger partial charge in [-0.1, -0.05) is 58.3 Å². The Morgan fingerprint density at radius 2 is 1.71 bits per heavy atom. The molecule has 1 heterocycles. The third kappa shape index (κ3) is 9.71. The van der Waals surface area contributed by atoms with Crippen molar-refractivity contribution >= 4 is 11.9 Å². The molecule has 0 aromatic rings. The minimum atomic E-state index is -1.12. The van der Waals surface area contributed by atoms with E-state index in [0.29, 0.717) is 31.4 Å². The molecule has 0 spiro atoms. The van der Waals surface area contributed by atoms with Gasteiger partial charge in [-0.15, -0.1) is 0 Å². The molecule has 1 aliphatic rings. The Labute approximate surface area is 145 Å². The quantitative estimate of drug-likeness (QED) is 0.382. The number of aliphatic hydroxyl groups excluding tert-OH is 1. The Hall–Kier alpha value is -1.36. The zero-order valence-electron chi connectivity index (χ0n) is 14.9. The van der Waals surface area contributed by atoms with Crippen molar-refractivity contribution in [3.8, 4) is 0 Å². The molecule has 1 unspecified atom stereocenters. The highest BCUT2D eigenvalue weighted by molar-refractivity contribution is 5.90. The van der Waals surface area contributed by atoms with E-state index in [9.17, 15) is 9.59 Å². The molecule has 24 heavy (non-hydrogen) atoms. The molecule has 0 aliphatic carbocycles. The molecule has 0 radical (unpaired) electrons. The summed E-state index contributed by atoms with van der Waals surface area (Å²) in [5, 5.41) is 9.12. The zero-order chi connectivity index (χ0) is 17.6. The zero-order valence-corrected chi connectivity index (χ0v) is 14.9. The number of unbranched alkanes of at least 4 members (excludes halogenated alkanes) is 8. The summed E-state index contributed by atoms with van der Waals surface area (Å²) in [5.41, 5.74) is 0.456. The molecule has 0 aromatic carbocycles. The van der Waals surface area contributed by atoms with Crippen LogP contribution in [0.25, 0.3) is 0 Å². The molecular weight excluding hydrogens is 308 g/mol. The molecule has 0 saturated heterocycles. The average Bonchev–Trinajstić information content (AvgIpc) is 2.87. The fourth-order valence-electron chi connectivity index (χ4n) is 2.75. The lowest BCUT2D eigenvalue weighted by atomic mass is 10.1. The minimum absolute atomic E-state index is 0.166. The molecule has 1 rings (SSSR count). The first-order valence-corrected chi connectivity index (χ1v) is 9.39. The number of aliphatic hydroxyl groups is 1. The maximum atomic E-state index is 11.6. The van der Waals surface area contributed by atoms with E-state index in [0.717, 1.165) is 12.8 Å². The molecule has 0 amide bonds. The summed E-state index contributed by atoms with van der Waals surface area (Å²) in [5.74, 6) is -0.649. The summed E-state index contributed by atoms with van der Waals surface area (Å²) in [4.78, 5) is 22.8. The van der Waals surface area contributed by atoms with Crippen LogP contribution in [-0.2, 0) is 19.1 Å². The van der Waals surface area contributed by atoms with Crippen LogP contribution in [0.4, 0.5) is 0 Å². The topological polar surface area (TPSA) is 72.8 Å². The fraction of sp³-hybridized carbons (Fsp3) is 0.789. The highest BCUT2D eigenvalue weighted by Gasteiger charge is 2.22. The third-order valence-electron chi connectivity index (χ3n) is 4.17. The van der Waals surface area contributed by atoms with Gasteiger partial charge in [-0.05, 0) is 25.3 Å². The summed E-state index contributed by atoms with van der Waals surface area (Å²) >= 11 is 0. The number of carbonyl (C=O) groups is 2. The van der Waals surface area contributed by atoms with E-state index in [2.05, 4.69) is 11.7 Å². The van der Waals surface area contributed by atoms with Crippen LogP contribution < -0.4 is 0 Å². The van der Waals surface area contributed by atoms with E-state index in [1.54, 1.807) is 0 Å². The number of esters is 2. The second kappa shape index (κ2) is 13.0. The molecule has 138 valence electrons. The Balaban J connectivity index is 1.88. The summed E-state index contributed by atoms with van der Waals surface area (Å²) in [7, 11) is 0. The molecule has 5 nitrogen and oxygen atoms in total. The normalized spacial score (nSPS) is 16.8. The van der Waals surface area contributed by atoms with Gasteiger partial charge in [-0.25, -0.2) is 4.79 Å². The van der Waals surface area contributed by atoms with Gasteiger partial charge in [0.15, 0.2) is 0 Å². The van der Waals surface area contributed by atoms with Crippen LogP contribution >= 0.6 is 0 Å². The van der Waals surface area contributed by atoms with Crippen LogP contribution in [0.3, 0.4) is 0 Å². The van der Waals surface area contributed by atoms with Crippen molar-refractivity contribution in [2.45, 2.75) is 90.3 Å². The van der Waals surface area contributed by atoms with Crippen molar-refractivity contribution < 1.29 is 24.2 Å². The fourth-order valence-corrected chi connectivity index (χ4v) is 2.75. The summed E-state index contributed by atoms with van der Waals surface area (Å²) in [6.45, 7) is 2.53. The SMILES string of the molecule is CCCCCCCCCCCC(=O)OCCCC1=CC(O)OC1=O. The second-order valence-corrected chi connectivity index (χ2v) is 6.39. The standard InChI is InChI=1S/C19H32O5/c1-2-3-4-5-6-7-8-9-10-13-17(20)23-14-11-12-16-15-18(21)24-19(16)22/h15,18,21H,2-14H2,1H3. The first-order valence-electron chi connectivity index (χ1n) is 9.39. The van der Waals surface area contributed by atoms with Crippen molar-refractivity contribution in [1.82, 2.24) is 0 Å². The van der Waals surface area contributed by atoms with Crippen LogP contribution in [0, 0.1) is 0 Å². The van der Waals surface area contributed by atoms with Crippen LogP contribution in [0.15, 0.2) is 11.6 Å². The maximum Gasteiger partial charge on any atom is 0.336 e. The summed E-state index contributed by atoms with van der Waals surface area (Å²) in [6.07, 6.45) is 12.8. The monoisotopic (exact) mass is 340 g/mol. The third-order valence-corrected chi connectivity index (χ3v) is 4.17. The van der Waals surface area contributed by atoms with Crippen LogP contribution in [0.1, 0.15) is 84.0 Å². The van der Waals surface area contributed by atoms with Gasteiger partial charge in [0.25, 0.3) is 0 Å². The van der Waals surface area contributed by atoms with Gasteiger partial charge in [0.05, 0.1) is 6.61 Å². The van der Waals surface area contributed by atoms with E-state index in [-0.39, 0.29) is 5.97 Å². The number of hydrogen-bond acceptors (Lipinski definition) is 5. The van der Waals surface area contributed by atoms with E-state index >= 15 is 0 Å². The van der Waals surface area contributed by atoms with Crippen molar-refractivity contribution in [3.05, 3.63) is 11.6 Å². The Morgan fingerprint density at radius 3 is 2.29 bits per heavy atom. The van der Waals surface area contributed by atoms with E-state index in [1.807, 2.05) is 0 Å². The lowest BCUT2D eigenvalue weighted by Gasteiger charge is -2.05. The lowest BCUT2D eigenvalue weighted by Crippen LogP contribution is -2.08. The first-order chi connectivity index (χ1) is 11.6. The maximum absolute atomic E-state index is 11.6. The summed E-state index contributed by atoms with van der Waals surface area (Å²) in [6, 6.07) is 0. The van der Waals surface area contributed by atoms with Gasteiger partial charge in [-0.2, -0.15) is 0 Å². The molecule has 0 fully saturated rings. The van der Waals surface area contributed by atoms with Gasteiger partial charge in [0.1, 0.15) is 0 Å². The molecule has 0 bridgehead atoms. The largest absolute Gasteiger partial charge is 0.466 e. The van der Waals surface area contributed by atoms with Crippen LogP contribution in [-0.4, -0.2) is 29.9 Å². The van der Waals surface area contributed by atoms with Crippen LogP contribution in [0.5, 0.6) is 0 Å². The highest BCUT2D eigenvalue weighted by Crippen LogP contribution is 2.17. The predicted octanol–water partition coefficient (Wildman–Crippen LogP) is 4.03. The Morgan fingerprint density at radius 1 is 1.08 bits per heavy atom. The lowest BCUT2D eigenvalue weighted by molar-refractivity contribution is -0.151. The van der Waals surface area contributed by atoms with Gasteiger partial charge in [0, 0.05) is 12.0 Å². The minimum Gasteiger partial charge on any atom is -0.466 e. The van der Waals surface area contributed by atoms with Gasteiger partial charge in [0.2, 0.25) is 6.29 Å². The molecule has 1 atom stereocenters. The van der Waals surface area contributed by atoms with Crippen molar-refractivity contribution in [2.24, 2.45) is 0 Å². The summed E-state index contributed by atoms with van der Waals surface area (Å²) < 4.78 is 9.74. The first kappa shape index (κ1) is 20.7. The predicted molar refractivity (Wildman–Crippen MR) is 92.2 cm³/mol. The molecule has 1 aliphatic heterocycles. The molecule has 0 aromatic heterocycles. The number of rotatable bonds is 14. The van der Waals surface area contributed by atoms with Crippen molar-refractivity contribution in [1.29, 1.82) is 0 Å².